The van der Waals surface area contributed by atoms with E-state index in [9.17, 15) is 19.3 Å². The minimum Gasteiger partial charge on any atom is -0.448 e. The van der Waals surface area contributed by atoms with Crippen molar-refractivity contribution in [3.8, 4) is 11.5 Å². The van der Waals surface area contributed by atoms with Crippen LogP contribution in [0.2, 0.25) is 5.02 Å². The Labute approximate surface area is 124 Å². The van der Waals surface area contributed by atoms with Gasteiger partial charge >= 0.3 is 5.69 Å². The van der Waals surface area contributed by atoms with Crippen molar-refractivity contribution in [2.45, 2.75) is 6.92 Å². The maximum atomic E-state index is 13.2. The Morgan fingerprint density at radius 1 is 1.33 bits per heavy atom. The molecule has 0 aromatic heterocycles. The van der Waals surface area contributed by atoms with E-state index in [-0.39, 0.29) is 27.8 Å². The molecule has 7 heteroatoms. The Kier molecular flexibility index (Phi) is 4.18. The van der Waals surface area contributed by atoms with Gasteiger partial charge < -0.3 is 4.74 Å². The summed E-state index contributed by atoms with van der Waals surface area (Å²) in [5.74, 6) is -1.24. The van der Waals surface area contributed by atoms with Crippen molar-refractivity contribution in [2.75, 3.05) is 0 Å². The molecule has 2 aromatic carbocycles. The summed E-state index contributed by atoms with van der Waals surface area (Å²) < 4.78 is 18.6. The molecule has 2 aromatic rings. The summed E-state index contributed by atoms with van der Waals surface area (Å²) in [5.41, 5.74) is -0.370. The first-order valence-electron chi connectivity index (χ1n) is 5.81. The number of ketones is 1. The lowest BCUT2D eigenvalue weighted by Gasteiger charge is -2.11. The summed E-state index contributed by atoms with van der Waals surface area (Å²) in [7, 11) is 0. The fourth-order valence-electron chi connectivity index (χ4n) is 1.72. The van der Waals surface area contributed by atoms with Crippen molar-refractivity contribution in [2.24, 2.45) is 0 Å². The number of carbonyl (C=O) groups is 1. The van der Waals surface area contributed by atoms with E-state index >= 15 is 0 Å². The Bertz CT molecular complexity index is 733. The zero-order valence-corrected chi connectivity index (χ0v) is 11.6. The van der Waals surface area contributed by atoms with Crippen LogP contribution in [0.15, 0.2) is 36.4 Å². The highest BCUT2D eigenvalue weighted by Crippen LogP contribution is 2.38. The van der Waals surface area contributed by atoms with Crippen LogP contribution in [-0.4, -0.2) is 10.7 Å². The Hall–Kier alpha value is -2.47. The summed E-state index contributed by atoms with van der Waals surface area (Å²) in [6, 6.07) is 7.35. The number of ether oxygens (including phenoxy) is 1. The maximum absolute atomic E-state index is 13.2. The normalized spacial score (nSPS) is 10.2. The second-order valence-electron chi connectivity index (χ2n) is 4.14. The third-order valence-corrected chi connectivity index (χ3v) is 2.97. The van der Waals surface area contributed by atoms with Crippen molar-refractivity contribution in [1.29, 1.82) is 0 Å². The molecule has 0 aliphatic heterocycles. The van der Waals surface area contributed by atoms with Gasteiger partial charge in [-0.2, -0.15) is 0 Å². The lowest BCUT2D eigenvalue weighted by molar-refractivity contribution is -0.385. The molecule has 5 nitrogen and oxygen atoms in total. The van der Waals surface area contributed by atoms with Crippen molar-refractivity contribution in [3.63, 3.8) is 0 Å². The van der Waals surface area contributed by atoms with Crippen molar-refractivity contribution < 1.29 is 18.8 Å². The number of rotatable bonds is 4. The third-order valence-electron chi connectivity index (χ3n) is 2.68. The zero-order valence-electron chi connectivity index (χ0n) is 10.8. The molecule has 0 aliphatic rings. The number of hydrogen-bond acceptors (Lipinski definition) is 4. The van der Waals surface area contributed by atoms with Gasteiger partial charge in [0.15, 0.2) is 5.78 Å². The lowest BCUT2D eigenvalue weighted by atomic mass is 10.1. The summed E-state index contributed by atoms with van der Waals surface area (Å²) in [5, 5.41) is 11.0. The highest BCUT2D eigenvalue weighted by Gasteiger charge is 2.21. The van der Waals surface area contributed by atoms with Crippen molar-refractivity contribution in [3.05, 3.63) is 62.9 Å². The van der Waals surface area contributed by atoms with Crippen LogP contribution in [0.3, 0.4) is 0 Å². The number of halogens is 2. The highest BCUT2D eigenvalue weighted by molar-refractivity contribution is 6.32. The minimum atomic E-state index is -0.655. The van der Waals surface area contributed by atoms with E-state index in [1.165, 1.54) is 31.2 Å². The SMILES string of the molecule is CC(=O)c1cc(F)ccc1Oc1c(Cl)cccc1[N+](=O)[O-]. The van der Waals surface area contributed by atoms with E-state index in [1.54, 1.807) is 0 Å². The van der Waals surface area contributed by atoms with Gasteiger partial charge in [-0.3, -0.25) is 14.9 Å². The van der Waals surface area contributed by atoms with Crippen LogP contribution < -0.4 is 4.74 Å². The first-order valence-corrected chi connectivity index (χ1v) is 6.19. The van der Waals surface area contributed by atoms with Gasteiger partial charge in [0.2, 0.25) is 5.75 Å². The topological polar surface area (TPSA) is 69.4 Å². The molecule has 0 spiro atoms. The van der Waals surface area contributed by atoms with Gasteiger partial charge in [-0.05, 0) is 31.2 Å². The van der Waals surface area contributed by atoms with E-state index in [0.29, 0.717) is 0 Å². The van der Waals surface area contributed by atoms with Gasteiger partial charge in [0.05, 0.1) is 15.5 Å². The smallest absolute Gasteiger partial charge is 0.313 e. The van der Waals surface area contributed by atoms with Crippen LogP contribution in [0.5, 0.6) is 11.5 Å². The molecular formula is C14H9ClFNO4. The number of carbonyl (C=O) groups excluding carboxylic acids is 1. The molecule has 0 N–H and O–H groups in total. The van der Waals surface area contributed by atoms with Crippen LogP contribution in [0.4, 0.5) is 10.1 Å². The van der Waals surface area contributed by atoms with Gasteiger partial charge in [0, 0.05) is 6.07 Å². The highest BCUT2D eigenvalue weighted by atomic mass is 35.5. The predicted octanol–water partition coefficient (Wildman–Crippen LogP) is 4.38. The first-order chi connectivity index (χ1) is 9.90. The van der Waals surface area contributed by atoms with Crippen LogP contribution in [0, 0.1) is 15.9 Å². The fourth-order valence-corrected chi connectivity index (χ4v) is 1.93. The van der Waals surface area contributed by atoms with Crippen LogP contribution in [0.1, 0.15) is 17.3 Å². The van der Waals surface area contributed by atoms with Gasteiger partial charge in [0.25, 0.3) is 0 Å². The Morgan fingerprint density at radius 3 is 2.67 bits per heavy atom. The number of benzene rings is 2. The first kappa shape index (κ1) is 14.9. The van der Waals surface area contributed by atoms with Crippen LogP contribution in [0.25, 0.3) is 0 Å². The molecule has 2 rings (SSSR count). The Morgan fingerprint density at radius 2 is 2.05 bits per heavy atom. The average molecular weight is 310 g/mol. The largest absolute Gasteiger partial charge is 0.448 e. The summed E-state index contributed by atoms with van der Waals surface area (Å²) >= 11 is 5.90. The van der Waals surface area contributed by atoms with Crippen molar-refractivity contribution >= 4 is 23.1 Å². The maximum Gasteiger partial charge on any atom is 0.313 e. The summed E-state index contributed by atoms with van der Waals surface area (Å²) in [6.45, 7) is 1.24. The average Bonchev–Trinajstić information content (AvgIpc) is 2.42. The van der Waals surface area contributed by atoms with Gasteiger partial charge in [-0.25, -0.2) is 4.39 Å². The molecule has 0 saturated carbocycles. The van der Waals surface area contributed by atoms with Gasteiger partial charge in [-0.1, -0.05) is 17.7 Å². The number of para-hydroxylation sites is 1. The summed E-state index contributed by atoms with van der Waals surface area (Å²) in [4.78, 5) is 21.8. The van der Waals surface area contributed by atoms with Gasteiger partial charge in [-0.15, -0.1) is 0 Å². The van der Waals surface area contributed by atoms with Crippen LogP contribution >= 0.6 is 11.6 Å². The minimum absolute atomic E-state index is 0.0000926. The van der Waals surface area contributed by atoms with E-state index in [4.69, 9.17) is 16.3 Å². The molecular weight excluding hydrogens is 301 g/mol. The second kappa shape index (κ2) is 5.88. The molecule has 0 unspecified atom stereocenters. The quantitative estimate of drug-likeness (QED) is 0.477. The number of nitro groups is 1. The molecule has 0 bridgehead atoms. The number of nitrogens with zero attached hydrogens (tertiary/aromatic N) is 1. The number of hydrogen-bond donors (Lipinski definition) is 0. The fraction of sp³-hybridized carbons (Fsp3) is 0.0714. The van der Waals surface area contributed by atoms with Gasteiger partial charge in [0.1, 0.15) is 11.6 Å². The molecule has 0 fully saturated rings. The monoisotopic (exact) mass is 309 g/mol. The molecule has 0 amide bonds. The standard InChI is InChI=1S/C14H9ClFNO4/c1-8(18)10-7-9(16)5-6-13(10)21-14-11(15)3-2-4-12(14)17(19)20/h2-7H,1H3. The van der Waals surface area contributed by atoms with Crippen molar-refractivity contribution in [1.82, 2.24) is 0 Å². The number of Topliss-reactive ketones (excluding diaryl/α,β-unsaturated/α-hetero) is 1. The molecule has 0 saturated heterocycles. The van der Waals surface area contributed by atoms with E-state index in [0.717, 1.165) is 12.1 Å². The van der Waals surface area contributed by atoms with E-state index in [2.05, 4.69) is 0 Å². The zero-order chi connectivity index (χ0) is 15.6. The molecule has 108 valence electrons. The summed E-state index contributed by atoms with van der Waals surface area (Å²) in [6.07, 6.45) is 0. The second-order valence-corrected chi connectivity index (χ2v) is 4.55. The molecule has 0 radical (unpaired) electrons. The molecule has 21 heavy (non-hydrogen) atoms. The molecule has 0 heterocycles. The lowest BCUT2D eigenvalue weighted by Crippen LogP contribution is -2.00. The predicted molar refractivity (Wildman–Crippen MR) is 74.6 cm³/mol. The molecule has 0 atom stereocenters. The van der Waals surface area contributed by atoms with Crippen LogP contribution in [-0.2, 0) is 0 Å². The number of nitro benzene ring substituents is 1. The van der Waals surface area contributed by atoms with E-state index in [1.807, 2.05) is 0 Å². The Balaban J connectivity index is 2.53. The van der Waals surface area contributed by atoms with E-state index < -0.39 is 16.5 Å². The third kappa shape index (κ3) is 3.17. The molecule has 0 aliphatic carbocycles.